The van der Waals surface area contributed by atoms with Crippen molar-refractivity contribution < 1.29 is 0 Å². The van der Waals surface area contributed by atoms with Crippen molar-refractivity contribution in [2.45, 2.75) is 52.0 Å². The lowest BCUT2D eigenvalue weighted by Crippen LogP contribution is -2.44. The molecule has 1 saturated heterocycles. The van der Waals surface area contributed by atoms with Gasteiger partial charge >= 0.3 is 0 Å². The first kappa shape index (κ1) is 12.9. The average molecular weight is 228 g/mol. The standard InChI is InChI=1S/C12H24N2S/c1-3-5-6-12(15)14-9-7-11(8-10-14)13-4-2/h11,13H,3-10H2,1-2H3. The number of hydrogen-bond donors (Lipinski definition) is 1. The molecular formula is C12H24N2S. The Morgan fingerprint density at radius 3 is 2.53 bits per heavy atom. The van der Waals surface area contributed by atoms with E-state index in [9.17, 15) is 0 Å². The van der Waals surface area contributed by atoms with Crippen molar-refractivity contribution in [3.63, 3.8) is 0 Å². The number of nitrogens with zero attached hydrogens (tertiary/aromatic N) is 1. The van der Waals surface area contributed by atoms with Crippen molar-refractivity contribution >= 4 is 17.2 Å². The molecule has 0 aromatic carbocycles. The number of rotatable bonds is 5. The zero-order valence-electron chi connectivity index (χ0n) is 10.1. The summed E-state index contributed by atoms with van der Waals surface area (Å²) in [6, 6.07) is 0.722. The smallest absolute Gasteiger partial charge is 0.0779 e. The van der Waals surface area contributed by atoms with E-state index >= 15 is 0 Å². The Hall–Kier alpha value is -0.150. The topological polar surface area (TPSA) is 15.3 Å². The van der Waals surface area contributed by atoms with Crippen LogP contribution in [0.1, 0.15) is 46.0 Å². The quantitative estimate of drug-likeness (QED) is 0.728. The Bertz CT molecular complexity index is 186. The summed E-state index contributed by atoms with van der Waals surface area (Å²) in [5.41, 5.74) is 0. The summed E-state index contributed by atoms with van der Waals surface area (Å²) in [6.07, 6.45) is 6.10. The van der Waals surface area contributed by atoms with Crippen molar-refractivity contribution in [3.05, 3.63) is 0 Å². The lowest BCUT2D eigenvalue weighted by molar-refractivity contribution is 0.285. The largest absolute Gasteiger partial charge is 0.366 e. The predicted octanol–water partition coefficient (Wildman–Crippen LogP) is 2.58. The first-order valence-electron chi connectivity index (χ1n) is 6.29. The average Bonchev–Trinajstić information content (AvgIpc) is 2.27. The molecule has 1 heterocycles. The summed E-state index contributed by atoms with van der Waals surface area (Å²) in [4.78, 5) is 3.59. The van der Waals surface area contributed by atoms with E-state index in [0.717, 1.165) is 32.1 Å². The van der Waals surface area contributed by atoms with Crippen LogP contribution in [-0.2, 0) is 0 Å². The molecule has 0 aliphatic carbocycles. The van der Waals surface area contributed by atoms with Crippen LogP contribution in [0.3, 0.4) is 0 Å². The zero-order valence-corrected chi connectivity index (χ0v) is 10.9. The molecule has 2 nitrogen and oxygen atoms in total. The molecule has 0 amide bonds. The summed E-state index contributed by atoms with van der Waals surface area (Å²) in [7, 11) is 0. The highest BCUT2D eigenvalue weighted by molar-refractivity contribution is 7.80. The first-order chi connectivity index (χ1) is 7.27. The Morgan fingerprint density at radius 2 is 2.00 bits per heavy atom. The van der Waals surface area contributed by atoms with Crippen molar-refractivity contribution in [2.24, 2.45) is 0 Å². The highest BCUT2D eigenvalue weighted by Gasteiger charge is 2.19. The van der Waals surface area contributed by atoms with Gasteiger partial charge in [0, 0.05) is 19.1 Å². The first-order valence-corrected chi connectivity index (χ1v) is 6.69. The van der Waals surface area contributed by atoms with Gasteiger partial charge in [-0.25, -0.2) is 0 Å². The van der Waals surface area contributed by atoms with Crippen LogP contribution in [0.2, 0.25) is 0 Å². The summed E-state index contributed by atoms with van der Waals surface area (Å²) in [5.74, 6) is 0. The van der Waals surface area contributed by atoms with Crippen molar-refractivity contribution in [3.8, 4) is 0 Å². The van der Waals surface area contributed by atoms with E-state index in [0.29, 0.717) is 0 Å². The number of piperidine rings is 1. The molecule has 1 fully saturated rings. The van der Waals surface area contributed by atoms with Crippen LogP contribution in [-0.4, -0.2) is 35.6 Å². The fraction of sp³-hybridized carbons (Fsp3) is 0.917. The molecule has 0 bridgehead atoms. The molecule has 15 heavy (non-hydrogen) atoms. The van der Waals surface area contributed by atoms with Gasteiger partial charge < -0.3 is 10.2 Å². The fourth-order valence-corrected chi connectivity index (χ4v) is 2.43. The van der Waals surface area contributed by atoms with Crippen LogP contribution in [0.25, 0.3) is 0 Å². The van der Waals surface area contributed by atoms with Crippen LogP contribution in [0, 0.1) is 0 Å². The number of likely N-dealkylation sites (tertiary alicyclic amines) is 1. The molecule has 0 unspecified atom stereocenters. The van der Waals surface area contributed by atoms with Gasteiger partial charge in [0.2, 0.25) is 0 Å². The van der Waals surface area contributed by atoms with Gasteiger partial charge in [0.1, 0.15) is 0 Å². The van der Waals surface area contributed by atoms with Gasteiger partial charge in [-0.2, -0.15) is 0 Å². The molecule has 0 aromatic heterocycles. The second-order valence-electron chi connectivity index (χ2n) is 4.32. The molecule has 0 aromatic rings. The van der Waals surface area contributed by atoms with Gasteiger partial charge in [-0.3, -0.25) is 0 Å². The molecule has 1 aliphatic rings. The van der Waals surface area contributed by atoms with Gasteiger partial charge in [0.05, 0.1) is 4.99 Å². The number of hydrogen-bond acceptors (Lipinski definition) is 2. The van der Waals surface area contributed by atoms with Gasteiger partial charge in [0.15, 0.2) is 0 Å². The fourth-order valence-electron chi connectivity index (χ4n) is 2.11. The predicted molar refractivity (Wildman–Crippen MR) is 70.4 cm³/mol. The Kier molecular flexibility index (Phi) is 6.18. The van der Waals surface area contributed by atoms with E-state index in [2.05, 4.69) is 24.1 Å². The molecule has 3 heteroatoms. The molecule has 0 radical (unpaired) electrons. The minimum absolute atomic E-state index is 0.722. The van der Waals surface area contributed by atoms with Gasteiger partial charge in [-0.05, 0) is 32.2 Å². The second-order valence-corrected chi connectivity index (χ2v) is 4.79. The zero-order chi connectivity index (χ0) is 11.1. The molecule has 1 N–H and O–H groups in total. The summed E-state index contributed by atoms with van der Waals surface area (Å²) in [6.45, 7) is 7.80. The lowest BCUT2D eigenvalue weighted by atomic mass is 10.0. The van der Waals surface area contributed by atoms with E-state index < -0.39 is 0 Å². The maximum absolute atomic E-state index is 5.45. The minimum atomic E-state index is 0.722. The van der Waals surface area contributed by atoms with Crippen LogP contribution >= 0.6 is 12.2 Å². The summed E-state index contributed by atoms with van der Waals surface area (Å²) in [5, 5.41) is 3.52. The normalized spacial score (nSPS) is 18.1. The maximum Gasteiger partial charge on any atom is 0.0779 e. The van der Waals surface area contributed by atoms with Crippen molar-refractivity contribution in [1.82, 2.24) is 10.2 Å². The molecule has 0 spiro atoms. The van der Waals surface area contributed by atoms with Gasteiger partial charge in [0.25, 0.3) is 0 Å². The number of nitrogens with one attached hydrogen (secondary N) is 1. The van der Waals surface area contributed by atoms with Crippen LogP contribution in [0.15, 0.2) is 0 Å². The van der Waals surface area contributed by atoms with E-state index in [4.69, 9.17) is 12.2 Å². The van der Waals surface area contributed by atoms with E-state index in [1.807, 2.05) is 0 Å². The summed E-state index contributed by atoms with van der Waals surface area (Å²) < 4.78 is 0. The van der Waals surface area contributed by atoms with Crippen LogP contribution < -0.4 is 5.32 Å². The third-order valence-corrected chi connectivity index (χ3v) is 3.55. The van der Waals surface area contributed by atoms with Gasteiger partial charge in [-0.15, -0.1) is 0 Å². The third-order valence-electron chi connectivity index (χ3n) is 3.08. The Balaban J connectivity index is 2.21. The Morgan fingerprint density at radius 1 is 1.33 bits per heavy atom. The SMILES string of the molecule is CCCCC(=S)N1CCC(NCC)CC1. The summed E-state index contributed by atoms with van der Waals surface area (Å²) >= 11 is 5.45. The molecule has 1 aliphatic heterocycles. The Labute approximate surface area is 99.4 Å². The maximum atomic E-state index is 5.45. The minimum Gasteiger partial charge on any atom is -0.366 e. The molecule has 1 rings (SSSR count). The highest BCUT2D eigenvalue weighted by Crippen LogP contribution is 2.13. The molecule has 0 saturated carbocycles. The van der Waals surface area contributed by atoms with E-state index in [1.165, 1.54) is 30.7 Å². The van der Waals surface area contributed by atoms with Crippen molar-refractivity contribution in [2.75, 3.05) is 19.6 Å². The van der Waals surface area contributed by atoms with E-state index in [1.54, 1.807) is 0 Å². The molecule has 0 atom stereocenters. The monoisotopic (exact) mass is 228 g/mol. The highest BCUT2D eigenvalue weighted by atomic mass is 32.1. The van der Waals surface area contributed by atoms with Gasteiger partial charge in [-0.1, -0.05) is 32.5 Å². The van der Waals surface area contributed by atoms with E-state index in [-0.39, 0.29) is 0 Å². The molecular weight excluding hydrogens is 204 g/mol. The number of unbranched alkanes of at least 4 members (excludes halogenated alkanes) is 1. The van der Waals surface area contributed by atoms with Crippen LogP contribution in [0.4, 0.5) is 0 Å². The van der Waals surface area contributed by atoms with Crippen LogP contribution in [0.5, 0.6) is 0 Å². The van der Waals surface area contributed by atoms with Crippen molar-refractivity contribution in [1.29, 1.82) is 0 Å². The molecule has 88 valence electrons. The lowest BCUT2D eigenvalue weighted by Gasteiger charge is -2.34. The second kappa shape index (κ2) is 7.18. The third kappa shape index (κ3) is 4.47. The number of thiocarbonyl (C=S) groups is 1.